The first-order valence-electron chi connectivity index (χ1n) is 11.5. The van der Waals surface area contributed by atoms with E-state index in [0.29, 0.717) is 41.8 Å². The Morgan fingerprint density at radius 1 is 1.21 bits per heavy atom. The third-order valence-electron chi connectivity index (χ3n) is 5.84. The number of methoxy groups -OCH3 is 1. The lowest BCUT2D eigenvalue weighted by Crippen LogP contribution is -2.45. The van der Waals surface area contributed by atoms with Gasteiger partial charge >= 0.3 is 0 Å². The summed E-state index contributed by atoms with van der Waals surface area (Å²) >= 11 is 0. The minimum Gasteiger partial charge on any atom is -0.375 e. The molecule has 4 rings (SSSR count). The molecule has 0 aliphatic carbocycles. The number of carbonyl (C=O) groups excluding carboxylic acids is 3. The number of rotatable bonds is 8. The number of benzene rings is 2. The summed E-state index contributed by atoms with van der Waals surface area (Å²) in [5, 5.41) is 8.47. The van der Waals surface area contributed by atoms with Crippen molar-refractivity contribution in [3.8, 4) is 0 Å². The fourth-order valence-electron chi connectivity index (χ4n) is 4.16. The summed E-state index contributed by atoms with van der Waals surface area (Å²) < 4.78 is 6.82. The van der Waals surface area contributed by atoms with Crippen LogP contribution in [0.1, 0.15) is 35.2 Å². The smallest absolute Gasteiger partial charge is 0.254 e. The number of hydrogen-bond acceptors (Lipinski definition) is 5. The first-order valence-corrected chi connectivity index (χ1v) is 11.5. The van der Waals surface area contributed by atoms with Gasteiger partial charge in [-0.25, -0.2) is 4.98 Å². The third-order valence-corrected chi connectivity index (χ3v) is 5.84. The number of amides is 3. The highest BCUT2D eigenvalue weighted by molar-refractivity contribution is 6.08. The Bertz CT molecular complexity index is 1170. The molecule has 1 fully saturated rings. The fraction of sp³-hybridized carbons (Fsp3) is 0.360. The number of imidazole rings is 1. The summed E-state index contributed by atoms with van der Waals surface area (Å²) in [5.74, 6) is -0.888. The van der Waals surface area contributed by atoms with Crippen LogP contribution in [0.3, 0.4) is 0 Å². The number of aryl methyl sites for hydroxylation is 2. The van der Waals surface area contributed by atoms with Crippen molar-refractivity contribution in [2.45, 2.75) is 38.3 Å². The molecule has 1 atom stereocenters. The lowest BCUT2D eigenvalue weighted by atomic mass is 10.1. The van der Waals surface area contributed by atoms with Gasteiger partial charge in [0.1, 0.15) is 12.6 Å². The number of ether oxygens (including phenoxy) is 1. The molecule has 0 unspecified atom stereocenters. The Hall–Kier alpha value is -3.72. The molecule has 2 aromatic carbocycles. The quantitative estimate of drug-likeness (QED) is 0.474. The van der Waals surface area contributed by atoms with Crippen molar-refractivity contribution in [1.29, 1.82) is 0 Å². The number of fused-ring (bicyclic) bond motifs is 1. The van der Waals surface area contributed by atoms with Crippen molar-refractivity contribution in [1.82, 2.24) is 20.2 Å². The molecule has 9 heteroatoms. The van der Waals surface area contributed by atoms with E-state index in [1.54, 1.807) is 18.5 Å². The van der Waals surface area contributed by atoms with E-state index in [4.69, 9.17) is 4.74 Å². The molecule has 2 heterocycles. The molecular weight excluding hydrogens is 434 g/mol. The molecule has 3 amide bonds. The van der Waals surface area contributed by atoms with Crippen LogP contribution < -0.4 is 16.0 Å². The van der Waals surface area contributed by atoms with E-state index in [1.807, 2.05) is 22.8 Å². The van der Waals surface area contributed by atoms with Crippen molar-refractivity contribution in [3.05, 3.63) is 59.9 Å². The van der Waals surface area contributed by atoms with Crippen LogP contribution >= 0.6 is 0 Å². The number of carbonyl (C=O) groups is 3. The Morgan fingerprint density at radius 3 is 2.82 bits per heavy atom. The molecule has 3 aromatic rings. The highest BCUT2D eigenvalue weighted by Crippen LogP contribution is 2.25. The van der Waals surface area contributed by atoms with Crippen LogP contribution in [0, 0.1) is 0 Å². The average molecular weight is 464 g/mol. The largest absolute Gasteiger partial charge is 0.375 e. The van der Waals surface area contributed by atoms with Gasteiger partial charge in [-0.3, -0.25) is 14.4 Å². The van der Waals surface area contributed by atoms with Crippen LogP contribution in [0.5, 0.6) is 0 Å². The normalized spacial score (nSPS) is 16.0. The maximum absolute atomic E-state index is 13.4. The SMILES string of the molecule is COCC(=O)Nc1cc(C(=O)N[C@H]2CCCCNC2=O)c2c(c1)ncn2CCc1ccccc1. The van der Waals surface area contributed by atoms with Crippen LogP contribution in [0.2, 0.25) is 0 Å². The van der Waals surface area contributed by atoms with Crippen molar-refractivity contribution in [3.63, 3.8) is 0 Å². The minimum absolute atomic E-state index is 0.104. The van der Waals surface area contributed by atoms with Gasteiger partial charge in [0.25, 0.3) is 5.91 Å². The molecule has 34 heavy (non-hydrogen) atoms. The lowest BCUT2D eigenvalue weighted by Gasteiger charge is -2.17. The predicted octanol–water partition coefficient (Wildman–Crippen LogP) is 2.26. The second-order valence-corrected chi connectivity index (χ2v) is 8.36. The predicted molar refractivity (Wildman–Crippen MR) is 128 cm³/mol. The summed E-state index contributed by atoms with van der Waals surface area (Å²) in [6, 6.07) is 12.8. The van der Waals surface area contributed by atoms with Gasteiger partial charge < -0.3 is 25.3 Å². The van der Waals surface area contributed by atoms with Crippen LogP contribution in [0.25, 0.3) is 11.0 Å². The van der Waals surface area contributed by atoms with E-state index in [1.165, 1.54) is 12.7 Å². The fourth-order valence-corrected chi connectivity index (χ4v) is 4.16. The summed E-state index contributed by atoms with van der Waals surface area (Å²) in [7, 11) is 1.44. The second-order valence-electron chi connectivity index (χ2n) is 8.36. The monoisotopic (exact) mass is 463 g/mol. The highest BCUT2D eigenvalue weighted by atomic mass is 16.5. The number of nitrogens with zero attached hydrogens (tertiary/aromatic N) is 2. The molecule has 178 valence electrons. The highest BCUT2D eigenvalue weighted by Gasteiger charge is 2.25. The second kappa shape index (κ2) is 10.9. The summed E-state index contributed by atoms with van der Waals surface area (Å²) in [6.07, 6.45) is 4.78. The zero-order chi connectivity index (χ0) is 23.9. The summed E-state index contributed by atoms with van der Waals surface area (Å²) in [4.78, 5) is 42.4. The van der Waals surface area contributed by atoms with Gasteiger partial charge in [-0.05, 0) is 43.4 Å². The van der Waals surface area contributed by atoms with E-state index in [-0.39, 0.29) is 24.3 Å². The molecule has 0 spiro atoms. The Labute approximate surface area is 197 Å². The van der Waals surface area contributed by atoms with Crippen LogP contribution in [-0.2, 0) is 27.3 Å². The number of aromatic nitrogens is 2. The van der Waals surface area contributed by atoms with Crippen LogP contribution in [0.4, 0.5) is 5.69 Å². The number of hydrogen-bond donors (Lipinski definition) is 3. The number of anilines is 1. The van der Waals surface area contributed by atoms with E-state index in [2.05, 4.69) is 33.1 Å². The first-order chi connectivity index (χ1) is 16.5. The van der Waals surface area contributed by atoms with Crippen LogP contribution in [-0.4, -0.2) is 53.6 Å². The molecule has 3 N–H and O–H groups in total. The molecule has 9 nitrogen and oxygen atoms in total. The zero-order valence-electron chi connectivity index (χ0n) is 19.2. The van der Waals surface area contributed by atoms with Gasteiger partial charge in [0.15, 0.2) is 0 Å². The van der Waals surface area contributed by atoms with Crippen LogP contribution in [0.15, 0.2) is 48.8 Å². The summed E-state index contributed by atoms with van der Waals surface area (Å²) in [5.41, 5.74) is 3.21. The van der Waals surface area contributed by atoms with Gasteiger partial charge in [0.05, 0.1) is 22.9 Å². The Morgan fingerprint density at radius 2 is 2.03 bits per heavy atom. The van der Waals surface area contributed by atoms with Gasteiger partial charge in [-0.2, -0.15) is 0 Å². The summed E-state index contributed by atoms with van der Waals surface area (Å²) in [6.45, 7) is 1.14. The number of nitrogens with one attached hydrogen (secondary N) is 3. The van der Waals surface area contributed by atoms with E-state index < -0.39 is 6.04 Å². The maximum Gasteiger partial charge on any atom is 0.254 e. The van der Waals surface area contributed by atoms with Crippen molar-refractivity contribution >= 4 is 34.4 Å². The van der Waals surface area contributed by atoms with Gasteiger partial charge in [-0.15, -0.1) is 0 Å². The van der Waals surface area contributed by atoms with Gasteiger partial charge in [-0.1, -0.05) is 30.3 Å². The topological polar surface area (TPSA) is 114 Å². The zero-order valence-corrected chi connectivity index (χ0v) is 19.2. The van der Waals surface area contributed by atoms with Gasteiger partial charge in [0, 0.05) is 25.9 Å². The van der Waals surface area contributed by atoms with E-state index in [0.717, 1.165) is 19.3 Å². The Kier molecular flexibility index (Phi) is 7.54. The van der Waals surface area contributed by atoms with Crippen molar-refractivity contribution in [2.75, 3.05) is 25.6 Å². The average Bonchev–Trinajstić information content (AvgIpc) is 3.13. The molecule has 1 saturated heterocycles. The molecule has 1 aliphatic rings. The molecular formula is C25H29N5O4. The molecule has 1 aromatic heterocycles. The Balaban J connectivity index is 1.66. The molecule has 1 aliphatic heterocycles. The lowest BCUT2D eigenvalue weighted by molar-refractivity contribution is -0.122. The minimum atomic E-state index is -0.600. The van der Waals surface area contributed by atoms with E-state index >= 15 is 0 Å². The van der Waals surface area contributed by atoms with Crippen molar-refractivity contribution in [2.24, 2.45) is 0 Å². The molecule has 0 bridgehead atoms. The molecule has 0 saturated carbocycles. The van der Waals surface area contributed by atoms with E-state index in [9.17, 15) is 14.4 Å². The molecule has 0 radical (unpaired) electrons. The third kappa shape index (κ3) is 5.60. The standard InChI is InChI=1S/C25H29N5O4/c1-34-15-22(31)28-18-13-19(24(32)29-20-9-5-6-11-26-25(20)33)23-21(14-18)27-16-30(23)12-10-17-7-3-2-4-8-17/h2-4,7-8,13-14,16,20H,5-6,9-12,15H2,1H3,(H,26,33)(H,28,31)(H,29,32)/t20-/m0/s1. The van der Waals surface area contributed by atoms with Gasteiger partial charge in [0.2, 0.25) is 11.8 Å². The van der Waals surface area contributed by atoms with Crippen molar-refractivity contribution < 1.29 is 19.1 Å². The maximum atomic E-state index is 13.4. The first kappa shape index (κ1) is 23.4.